The summed E-state index contributed by atoms with van der Waals surface area (Å²) in [5, 5.41) is 27.9. The molecule has 1 spiro atoms. The van der Waals surface area contributed by atoms with Gasteiger partial charge in [0.15, 0.2) is 0 Å². The molecule has 3 aliphatic rings. The molecule has 2 aromatic carbocycles. The monoisotopic (exact) mass is 598 g/mol. The van der Waals surface area contributed by atoms with Crippen LogP contribution in [0.15, 0.2) is 48.6 Å². The van der Waals surface area contributed by atoms with E-state index in [1.807, 2.05) is 12.1 Å². The van der Waals surface area contributed by atoms with Crippen LogP contribution in [0.25, 0.3) is 0 Å². The van der Waals surface area contributed by atoms with Crippen molar-refractivity contribution in [2.75, 3.05) is 24.6 Å². The number of aliphatic hydroxyl groups excluding tert-OH is 1. The predicted octanol–water partition coefficient (Wildman–Crippen LogP) is 6.87. The van der Waals surface area contributed by atoms with Gasteiger partial charge in [-0.25, -0.2) is 4.79 Å². The number of allylic oxidation sites excluding steroid dienone is 1. The number of aliphatic hydroxyl groups is 1. The molecule has 1 heterocycles. The van der Waals surface area contributed by atoms with Gasteiger partial charge in [-0.3, -0.25) is 5.14 Å². The second kappa shape index (κ2) is 13.0. The Morgan fingerprint density at radius 1 is 1.29 bits per heavy atom. The SMILES string of the molecule is CCC(SN)C(C)C/C=C/C(O)C1CCC1CN1CC2(CCCc3cc(Cl)ccc32)COc2ccc(C(=O)O)cc21. The van der Waals surface area contributed by atoms with Crippen molar-refractivity contribution in [1.29, 1.82) is 0 Å². The lowest BCUT2D eigenvalue weighted by Crippen LogP contribution is -2.49. The summed E-state index contributed by atoms with van der Waals surface area (Å²) in [6.07, 6.45) is 10.6. The van der Waals surface area contributed by atoms with Crippen LogP contribution in [0.5, 0.6) is 5.75 Å². The average molecular weight is 599 g/mol. The number of nitrogens with two attached hydrogens (primary N) is 1. The number of hydrogen-bond donors (Lipinski definition) is 3. The van der Waals surface area contributed by atoms with Gasteiger partial charge in [0.25, 0.3) is 0 Å². The standard InChI is InChI=1S/C33H43ClN2O4S/c1-3-31(41-35)21(2)6-4-8-29(37)26-12-9-24(26)18-36-19-33(15-5-7-22-16-25(34)11-13-27(22)33)20-40-30-14-10-23(32(38)39)17-28(30)36/h4,8,10-11,13-14,16-17,21,24,26,29,31,37H,3,5-7,9,12,15,18-20,35H2,1-2H3,(H,38,39)/b8-4+. The van der Waals surface area contributed by atoms with Gasteiger partial charge in [-0.15, -0.1) is 0 Å². The summed E-state index contributed by atoms with van der Waals surface area (Å²) >= 11 is 7.80. The van der Waals surface area contributed by atoms with Gasteiger partial charge < -0.3 is 19.8 Å². The lowest BCUT2D eigenvalue weighted by Gasteiger charge is -2.45. The molecule has 2 aromatic rings. The third-order valence-corrected chi connectivity index (χ3v) is 11.1. The molecule has 6 nitrogen and oxygen atoms in total. The quantitative estimate of drug-likeness (QED) is 0.203. The number of benzene rings is 2. The van der Waals surface area contributed by atoms with Crippen LogP contribution < -0.4 is 14.8 Å². The van der Waals surface area contributed by atoms with E-state index >= 15 is 0 Å². The van der Waals surface area contributed by atoms with E-state index in [9.17, 15) is 15.0 Å². The van der Waals surface area contributed by atoms with Crippen molar-refractivity contribution in [3.05, 3.63) is 70.3 Å². The van der Waals surface area contributed by atoms with Crippen molar-refractivity contribution in [2.45, 2.75) is 75.6 Å². The number of aryl methyl sites for hydroxylation is 1. The number of ether oxygens (including phenoxy) is 1. The third kappa shape index (κ3) is 6.43. The molecule has 2 aliphatic carbocycles. The van der Waals surface area contributed by atoms with Gasteiger partial charge in [0.1, 0.15) is 5.75 Å². The largest absolute Gasteiger partial charge is 0.490 e. The van der Waals surface area contributed by atoms with Crippen molar-refractivity contribution in [3.8, 4) is 5.75 Å². The molecule has 8 heteroatoms. The Morgan fingerprint density at radius 3 is 2.83 bits per heavy atom. The average Bonchev–Trinajstić information content (AvgIpc) is 3.08. The Balaban J connectivity index is 1.38. The maximum Gasteiger partial charge on any atom is 0.335 e. The number of hydrogen-bond acceptors (Lipinski definition) is 6. The molecular weight excluding hydrogens is 556 g/mol. The molecule has 4 N–H and O–H groups in total. The number of anilines is 1. The summed E-state index contributed by atoms with van der Waals surface area (Å²) in [6.45, 7) is 6.40. The first-order chi connectivity index (χ1) is 19.7. The van der Waals surface area contributed by atoms with Crippen LogP contribution in [-0.4, -0.2) is 47.2 Å². The zero-order valence-corrected chi connectivity index (χ0v) is 25.7. The van der Waals surface area contributed by atoms with Crippen molar-refractivity contribution in [2.24, 2.45) is 22.9 Å². The van der Waals surface area contributed by atoms with Crippen LogP contribution in [-0.2, 0) is 11.8 Å². The Hall–Kier alpha value is -2.19. The van der Waals surface area contributed by atoms with Crippen LogP contribution >= 0.6 is 23.5 Å². The van der Waals surface area contributed by atoms with Crippen LogP contribution in [0.2, 0.25) is 5.02 Å². The van der Waals surface area contributed by atoms with Gasteiger partial charge >= 0.3 is 5.97 Å². The van der Waals surface area contributed by atoms with E-state index in [4.69, 9.17) is 21.5 Å². The number of carboxylic acids is 1. The first kappa shape index (κ1) is 30.3. The van der Waals surface area contributed by atoms with E-state index in [1.54, 1.807) is 18.2 Å². The van der Waals surface area contributed by atoms with E-state index in [2.05, 4.69) is 37.0 Å². The number of fused-ring (bicyclic) bond motifs is 3. The van der Waals surface area contributed by atoms with E-state index in [0.29, 0.717) is 23.7 Å². The summed E-state index contributed by atoms with van der Waals surface area (Å²) in [7, 11) is 0. The minimum atomic E-state index is -0.945. The molecule has 0 aromatic heterocycles. The number of nitrogens with zero attached hydrogens (tertiary/aromatic N) is 1. The first-order valence-electron chi connectivity index (χ1n) is 15.0. The molecule has 1 aliphatic heterocycles. The second-order valence-corrected chi connectivity index (χ2v) is 13.6. The van der Waals surface area contributed by atoms with Crippen LogP contribution in [0, 0.1) is 17.8 Å². The van der Waals surface area contributed by atoms with E-state index in [1.165, 1.54) is 23.1 Å². The molecule has 1 saturated carbocycles. The van der Waals surface area contributed by atoms with E-state index < -0.39 is 12.1 Å². The van der Waals surface area contributed by atoms with Gasteiger partial charge in [0, 0.05) is 28.8 Å². The van der Waals surface area contributed by atoms with Crippen LogP contribution in [0.1, 0.15) is 73.9 Å². The molecule has 222 valence electrons. The topological polar surface area (TPSA) is 96.0 Å². The van der Waals surface area contributed by atoms with Gasteiger partial charge in [0.2, 0.25) is 0 Å². The number of carbonyl (C=O) groups is 1. The van der Waals surface area contributed by atoms with Gasteiger partial charge in [0.05, 0.1) is 24.0 Å². The maximum absolute atomic E-state index is 11.9. The highest BCUT2D eigenvalue weighted by molar-refractivity contribution is 7.97. The summed E-state index contributed by atoms with van der Waals surface area (Å²) in [5.41, 5.74) is 3.43. The molecule has 0 amide bonds. The number of rotatable bonds is 10. The van der Waals surface area contributed by atoms with Crippen molar-refractivity contribution in [1.82, 2.24) is 0 Å². The van der Waals surface area contributed by atoms with Crippen LogP contribution in [0.3, 0.4) is 0 Å². The smallest absolute Gasteiger partial charge is 0.335 e. The van der Waals surface area contributed by atoms with Crippen LogP contribution in [0.4, 0.5) is 5.69 Å². The van der Waals surface area contributed by atoms with Crippen molar-refractivity contribution < 1.29 is 19.7 Å². The Labute approximate surface area is 253 Å². The fourth-order valence-corrected chi connectivity index (χ4v) is 7.93. The second-order valence-electron chi connectivity index (χ2n) is 12.3. The summed E-state index contributed by atoms with van der Waals surface area (Å²) in [5.74, 6) is 0.716. The highest BCUT2D eigenvalue weighted by Gasteiger charge is 2.44. The molecule has 41 heavy (non-hydrogen) atoms. The van der Waals surface area contributed by atoms with Gasteiger partial charge in [-0.05, 0) is 104 Å². The molecule has 6 atom stereocenters. The molecule has 0 saturated heterocycles. The van der Waals surface area contributed by atoms with Gasteiger partial charge in [-0.2, -0.15) is 0 Å². The fourth-order valence-electron chi connectivity index (χ4n) is 7.16. The minimum Gasteiger partial charge on any atom is -0.490 e. The zero-order valence-electron chi connectivity index (χ0n) is 24.1. The van der Waals surface area contributed by atoms with Crippen molar-refractivity contribution in [3.63, 3.8) is 0 Å². The minimum absolute atomic E-state index is 0.177. The third-order valence-electron chi connectivity index (χ3n) is 9.71. The molecule has 1 fully saturated rings. The fraction of sp³-hybridized carbons (Fsp3) is 0.545. The van der Waals surface area contributed by atoms with E-state index in [-0.39, 0.29) is 16.9 Å². The normalized spacial score (nSPS) is 25.9. The van der Waals surface area contributed by atoms with E-state index in [0.717, 1.165) is 74.5 Å². The molecule has 0 bridgehead atoms. The number of halogens is 1. The Morgan fingerprint density at radius 2 is 2.12 bits per heavy atom. The molecule has 0 radical (unpaired) electrons. The zero-order chi connectivity index (χ0) is 29.1. The highest BCUT2D eigenvalue weighted by atomic mass is 35.5. The number of carboxylic acid groups (broad SMARTS) is 1. The maximum atomic E-state index is 11.9. The lowest BCUT2D eigenvalue weighted by atomic mass is 9.68. The molecular formula is C33H43ClN2O4S. The summed E-state index contributed by atoms with van der Waals surface area (Å²) < 4.78 is 6.48. The Kier molecular flexibility index (Phi) is 9.59. The summed E-state index contributed by atoms with van der Waals surface area (Å²) in [4.78, 5) is 14.3. The molecule has 5 rings (SSSR count). The predicted molar refractivity (Wildman–Crippen MR) is 168 cm³/mol. The Bertz CT molecular complexity index is 1270. The van der Waals surface area contributed by atoms with Gasteiger partial charge in [-0.1, -0.05) is 55.6 Å². The summed E-state index contributed by atoms with van der Waals surface area (Å²) in [6, 6.07) is 11.4. The molecule has 6 unspecified atom stereocenters. The first-order valence-corrected chi connectivity index (χ1v) is 16.3. The highest BCUT2D eigenvalue weighted by Crippen LogP contribution is 2.46. The lowest BCUT2D eigenvalue weighted by molar-refractivity contribution is 0.0456. The number of aromatic carboxylic acids is 1. The van der Waals surface area contributed by atoms with Crippen molar-refractivity contribution >= 4 is 35.2 Å².